The Morgan fingerprint density at radius 3 is 2.79 bits per heavy atom. The molecule has 0 aliphatic heterocycles. The maximum absolute atomic E-state index is 11.4. The molecule has 1 aromatic carbocycles. The molecule has 0 saturated carbocycles. The number of rotatable bonds is 3. The number of carbonyl (C=O) groups excluding carboxylic acids is 1. The lowest BCUT2D eigenvalue weighted by atomic mass is 10.1. The number of methoxy groups -OCH3 is 1. The number of allylic oxidation sites excluding steroid dienone is 2. The van der Waals surface area contributed by atoms with Gasteiger partial charge in [0.2, 0.25) is 0 Å². The van der Waals surface area contributed by atoms with E-state index in [-0.39, 0.29) is 5.78 Å². The summed E-state index contributed by atoms with van der Waals surface area (Å²) < 4.78 is 5.01. The van der Waals surface area contributed by atoms with Crippen LogP contribution in [0, 0.1) is 0 Å². The fourth-order valence-electron chi connectivity index (χ4n) is 1.06. The van der Waals surface area contributed by atoms with Crippen LogP contribution in [-0.2, 0) is 0 Å². The summed E-state index contributed by atoms with van der Waals surface area (Å²) in [6, 6.07) is 4.95. The standard InChI is InChI=1S/C11H11ClO2/c1-3-4-10(13)8-5-6-9(12)11(7-8)14-2/h3-7H,1-2H3. The first-order valence-electron chi connectivity index (χ1n) is 4.19. The van der Waals surface area contributed by atoms with Crippen LogP contribution in [0.4, 0.5) is 0 Å². The molecule has 0 unspecified atom stereocenters. The van der Waals surface area contributed by atoms with Crippen molar-refractivity contribution in [2.75, 3.05) is 7.11 Å². The Hall–Kier alpha value is -1.28. The van der Waals surface area contributed by atoms with Gasteiger partial charge in [-0.25, -0.2) is 0 Å². The molecule has 1 aromatic rings. The topological polar surface area (TPSA) is 26.3 Å². The van der Waals surface area contributed by atoms with Crippen molar-refractivity contribution in [3.63, 3.8) is 0 Å². The molecule has 0 N–H and O–H groups in total. The van der Waals surface area contributed by atoms with E-state index in [9.17, 15) is 4.79 Å². The molecule has 0 spiro atoms. The average molecular weight is 211 g/mol. The van der Waals surface area contributed by atoms with Gasteiger partial charge >= 0.3 is 0 Å². The normalized spacial score (nSPS) is 10.5. The molecule has 0 radical (unpaired) electrons. The van der Waals surface area contributed by atoms with Crippen molar-refractivity contribution in [2.45, 2.75) is 6.92 Å². The maximum Gasteiger partial charge on any atom is 0.185 e. The predicted octanol–water partition coefficient (Wildman–Crippen LogP) is 3.11. The highest BCUT2D eigenvalue weighted by molar-refractivity contribution is 6.32. The maximum atomic E-state index is 11.4. The molecule has 0 aliphatic carbocycles. The van der Waals surface area contributed by atoms with Crippen LogP contribution >= 0.6 is 11.6 Å². The summed E-state index contributed by atoms with van der Waals surface area (Å²) in [6.07, 6.45) is 3.20. The number of hydrogen-bond acceptors (Lipinski definition) is 2. The minimum Gasteiger partial charge on any atom is -0.495 e. The Kier molecular flexibility index (Phi) is 3.72. The van der Waals surface area contributed by atoms with Gasteiger partial charge in [-0.15, -0.1) is 0 Å². The van der Waals surface area contributed by atoms with Crippen LogP contribution in [0.2, 0.25) is 5.02 Å². The summed E-state index contributed by atoms with van der Waals surface area (Å²) in [5, 5.41) is 0.504. The Morgan fingerprint density at radius 1 is 1.50 bits per heavy atom. The van der Waals surface area contributed by atoms with Gasteiger partial charge in [0.05, 0.1) is 12.1 Å². The predicted molar refractivity (Wildman–Crippen MR) is 57.1 cm³/mol. The molecule has 0 bridgehead atoms. The van der Waals surface area contributed by atoms with Gasteiger partial charge in [0.15, 0.2) is 5.78 Å². The van der Waals surface area contributed by atoms with Gasteiger partial charge in [-0.2, -0.15) is 0 Å². The number of ketones is 1. The zero-order valence-corrected chi connectivity index (χ0v) is 8.84. The average Bonchev–Trinajstić information content (AvgIpc) is 2.19. The molecule has 3 heteroatoms. The number of hydrogen-bond donors (Lipinski definition) is 0. The summed E-state index contributed by atoms with van der Waals surface area (Å²) in [5.74, 6) is 0.462. The van der Waals surface area contributed by atoms with Crippen molar-refractivity contribution in [1.82, 2.24) is 0 Å². The Morgan fingerprint density at radius 2 is 2.21 bits per heavy atom. The SMILES string of the molecule is CC=CC(=O)c1ccc(Cl)c(OC)c1. The number of carbonyl (C=O) groups is 1. The Bertz CT molecular complexity index is 370. The van der Waals surface area contributed by atoms with Gasteiger partial charge in [0, 0.05) is 5.56 Å². The van der Waals surface area contributed by atoms with Crippen LogP contribution in [0.15, 0.2) is 30.4 Å². The molecule has 0 amide bonds. The third-order valence-corrected chi connectivity index (χ3v) is 2.07. The number of halogens is 1. The van der Waals surface area contributed by atoms with Gasteiger partial charge in [-0.1, -0.05) is 17.7 Å². The van der Waals surface area contributed by atoms with Crippen LogP contribution in [-0.4, -0.2) is 12.9 Å². The van der Waals surface area contributed by atoms with Crippen LogP contribution in [0.3, 0.4) is 0 Å². The molecule has 14 heavy (non-hydrogen) atoms. The van der Waals surface area contributed by atoms with Crippen molar-refractivity contribution < 1.29 is 9.53 Å². The van der Waals surface area contributed by atoms with Gasteiger partial charge in [-0.3, -0.25) is 4.79 Å². The molecule has 74 valence electrons. The molecule has 0 saturated heterocycles. The molecule has 0 heterocycles. The Balaban J connectivity index is 3.06. The number of benzene rings is 1. The van der Waals surface area contributed by atoms with E-state index in [1.165, 1.54) is 13.2 Å². The summed E-state index contributed by atoms with van der Waals surface area (Å²) in [5.41, 5.74) is 0.573. The molecule has 0 atom stereocenters. The minimum absolute atomic E-state index is 0.0533. The van der Waals surface area contributed by atoms with Gasteiger partial charge in [-0.05, 0) is 31.2 Å². The second-order valence-electron chi connectivity index (χ2n) is 2.71. The van der Waals surface area contributed by atoms with Gasteiger partial charge in [0.1, 0.15) is 5.75 Å². The monoisotopic (exact) mass is 210 g/mol. The van der Waals surface area contributed by atoms with E-state index in [1.54, 1.807) is 31.2 Å². The third kappa shape index (κ3) is 2.36. The highest BCUT2D eigenvalue weighted by Crippen LogP contribution is 2.25. The second kappa shape index (κ2) is 4.82. The van der Waals surface area contributed by atoms with Crippen molar-refractivity contribution in [2.24, 2.45) is 0 Å². The van der Waals surface area contributed by atoms with Gasteiger partial charge < -0.3 is 4.74 Å². The first-order valence-corrected chi connectivity index (χ1v) is 4.57. The second-order valence-corrected chi connectivity index (χ2v) is 3.12. The summed E-state index contributed by atoms with van der Waals surface area (Å²) >= 11 is 5.82. The summed E-state index contributed by atoms with van der Waals surface area (Å²) in [7, 11) is 1.52. The highest BCUT2D eigenvalue weighted by atomic mass is 35.5. The van der Waals surface area contributed by atoms with E-state index in [4.69, 9.17) is 16.3 Å². The molecule has 1 rings (SSSR count). The summed E-state index contributed by atoms with van der Waals surface area (Å²) in [6.45, 7) is 1.80. The van der Waals surface area contributed by atoms with E-state index in [2.05, 4.69) is 0 Å². The number of ether oxygens (including phenoxy) is 1. The lowest BCUT2D eigenvalue weighted by Gasteiger charge is -2.03. The molecular formula is C11H11ClO2. The van der Waals surface area contributed by atoms with Crippen LogP contribution < -0.4 is 4.74 Å². The lowest BCUT2D eigenvalue weighted by Crippen LogP contribution is -1.95. The summed E-state index contributed by atoms with van der Waals surface area (Å²) in [4.78, 5) is 11.4. The first kappa shape index (κ1) is 10.8. The zero-order chi connectivity index (χ0) is 10.6. The van der Waals surface area contributed by atoms with Crippen molar-refractivity contribution in [3.05, 3.63) is 40.9 Å². The molecular weight excluding hydrogens is 200 g/mol. The smallest absolute Gasteiger partial charge is 0.185 e. The fourth-order valence-corrected chi connectivity index (χ4v) is 1.26. The highest BCUT2D eigenvalue weighted by Gasteiger charge is 2.05. The third-order valence-electron chi connectivity index (χ3n) is 1.75. The van der Waals surface area contributed by atoms with E-state index >= 15 is 0 Å². The van der Waals surface area contributed by atoms with Crippen molar-refractivity contribution in [3.8, 4) is 5.75 Å². The van der Waals surface area contributed by atoms with Gasteiger partial charge in [0.25, 0.3) is 0 Å². The molecule has 2 nitrogen and oxygen atoms in total. The van der Waals surface area contributed by atoms with E-state index in [0.717, 1.165) is 0 Å². The largest absolute Gasteiger partial charge is 0.495 e. The van der Waals surface area contributed by atoms with Crippen molar-refractivity contribution in [1.29, 1.82) is 0 Å². The van der Waals surface area contributed by atoms with Crippen LogP contribution in [0.1, 0.15) is 17.3 Å². The van der Waals surface area contributed by atoms with Crippen molar-refractivity contribution >= 4 is 17.4 Å². The molecule has 0 aliphatic rings. The van der Waals surface area contributed by atoms with Crippen LogP contribution in [0.25, 0.3) is 0 Å². The molecule has 0 fully saturated rings. The van der Waals surface area contributed by atoms with E-state index in [1.807, 2.05) is 0 Å². The lowest BCUT2D eigenvalue weighted by molar-refractivity contribution is 0.104. The quantitative estimate of drug-likeness (QED) is 0.566. The zero-order valence-electron chi connectivity index (χ0n) is 8.08. The fraction of sp³-hybridized carbons (Fsp3) is 0.182. The van der Waals surface area contributed by atoms with E-state index < -0.39 is 0 Å². The van der Waals surface area contributed by atoms with E-state index in [0.29, 0.717) is 16.3 Å². The molecule has 0 aromatic heterocycles. The van der Waals surface area contributed by atoms with Crippen LogP contribution in [0.5, 0.6) is 5.75 Å². The Labute approximate surface area is 88.1 Å². The first-order chi connectivity index (χ1) is 6.69. The minimum atomic E-state index is -0.0533.